The Morgan fingerprint density at radius 1 is 1.38 bits per heavy atom. The molecule has 0 spiro atoms. The van der Waals surface area contributed by atoms with Gasteiger partial charge in [0.05, 0.1) is 0 Å². The summed E-state index contributed by atoms with van der Waals surface area (Å²) in [7, 11) is 0. The van der Waals surface area contributed by atoms with E-state index in [1.807, 2.05) is 0 Å². The van der Waals surface area contributed by atoms with Crippen molar-refractivity contribution in [2.75, 3.05) is 0 Å². The molecular formula is C10H14O3. The molecule has 13 heavy (non-hydrogen) atoms. The van der Waals surface area contributed by atoms with Crippen LogP contribution in [-0.4, -0.2) is 17.9 Å². The van der Waals surface area contributed by atoms with E-state index in [0.717, 1.165) is 38.4 Å². The number of carbonyl (C=O) groups excluding carboxylic acids is 2. The van der Waals surface area contributed by atoms with E-state index in [1.165, 1.54) is 0 Å². The van der Waals surface area contributed by atoms with Crippen LogP contribution in [0.4, 0.5) is 0 Å². The van der Waals surface area contributed by atoms with Crippen molar-refractivity contribution in [2.45, 2.75) is 44.1 Å². The van der Waals surface area contributed by atoms with E-state index in [-0.39, 0.29) is 11.9 Å². The van der Waals surface area contributed by atoms with Crippen molar-refractivity contribution < 1.29 is 14.3 Å². The van der Waals surface area contributed by atoms with E-state index in [2.05, 4.69) is 0 Å². The monoisotopic (exact) mass is 182 g/mol. The lowest BCUT2D eigenvalue weighted by molar-refractivity contribution is -0.181. The van der Waals surface area contributed by atoms with Gasteiger partial charge >= 0.3 is 5.97 Å². The van der Waals surface area contributed by atoms with Gasteiger partial charge in [-0.15, -0.1) is 0 Å². The number of hydrogen-bond acceptors (Lipinski definition) is 3. The lowest BCUT2D eigenvalue weighted by Crippen LogP contribution is -2.49. The molecule has 0 amide bonds. The molecule has 1 saturated carbocycles. The molecule has 1 aliphatic carbocycles. The minimum absolute atomic E-state index is 0.203. The third-order valence-corrected chi connectivity index (χ3v) is 3.26. The highest BCUT2D eigenvalue weighted by Gasteiger charge is 2.46. The molecule has 0 aromatic carbocycles. The van der Waals surface area contributed by atoms with Gasteiger partial charge in [0.25, 0.3) is 0 Å². The minimum Gasteiger partial charge on any atom is -0.451 e. The topological polar surface area (TPSA) is 43.4 Å². The van der Waals surface area contributed by atoms with Crippen molar-refractivity contribution in [1.82, 2.24) is 0 Å². The third-order valence-electron chi connectivity index (χ3n) is 3.26. The second-order valence-corrected chi connectivity index (χ2v) is 4.03. The van der Waals surface area contributed by atoms with E-state index < -0.39 is 5.60 Å². The first-order chi connectivity index (χ1) is 6.27. The molecular weight excluding hydrogens is 168 g/mol. The Labute approximate surface area is 77.4 Å². The van der Waals surface area contributed by atoms with Crippen molar-refractivity contribution in [3.8, 4) is 0 Å². The largest absolute Gasteiger partial charge is 0.451 e. The first-order valence-electron chi connectivity index (χ1n) is 4.95. The van der Waals surface area contributed by atoms with E-state index in [0.29, 0.717) is 6.42 Å². The van der Waals surface area contributed by atoms with E-state index in [9.17, 15) is 9.59 Å². The van der Waals surface area contributed by atoms with E-state index in [1.54, 1.807) is 0 Å². The van der Waals surface area contributed by atoms with Crippen molar-refractivity contribution in [1.29, 1.82) is 0 Å². The fraction of sp³-hybridized carbons (Fsp3) is 0.800. The average Bonchev–Trinajstić information content (AvgIpc) is 2.17. The Balaban J connectivity index is 2.21. The molecule has 2 rings (SSSR count). The number of esters is 1. The van der Waals surface area contributed by atoms with Crippen molar-refractivity contribution in [3.05, 3.63) is 0 Å². The maximum atomic E-state index is 11.1. The van der Waals surface area contributed by atoms with Gasteiger partial charge in [-0.3, -0.25) is 9.59 Å². The van der Waals surface area contributed by atoms with Crippen LogP contribution in [0.5, 0.6) is 0 Å². The number of aldehydes is 1. The second kappa shape index (κ2) is 3.13. The highest BCUT2D eigenvalue weighted by molar-refractivity contribution is 5.76. The summed E-state index contributed by atoms with van der Waals surface area (Å²) in [5, 5.41) is 0. The zero-order valence-electron chi connectivity index (χ0n) is 7.62. The van der Waals surface area contributed by atoms with Crippen LogP contribution in [0.15, 0.2) is 0 Å². The Kier molecular flexibility index (Phi) is 2.10. The summed E-state index contributed by atoms with van der Waals surface area (Å²) in [5.41, 5.74) is -0.742. The summed E-state index contributed by atoms with van der Waals surface area (Å²) in [6.45, 7) is 0. The zero-order chi connectivity index (χ0) is 9.31. The average molecular weight is 182 g/mol. The standard InChI is InChI=1S/C10H14O3/c11-7-10-6-2-1-3-8(10)4-5-9(12)13-10/h7-8H,1-6H2/t8-,10-/m0/s1. The van der Waals surface area contributed by atoms with Crippen LogP contribution in [0.3, 0.4) is 0 Å². The summed E-state index contributed by atoms with van der Waals surface area (Å²) in [6, 6.07) is 0. The van der Waals surface area contributed by atoms with Crippen LogP contribution < -0.4 is 0 Å². The smallest absolute Gasteiger partial charge is 0.306 e. The van der Waals surface area contributed by atoms with Crippen molar-refractivity contribution in [2.24, 2.45) is 5.92 Å². The fourth-order valence-corrected chi connectivity index (χ4v) is 2.50. The predicted octanol–water partition coefficient (Wildman–Crippen LogP) is 1.45. The zero-order valence-corrected chi connectivity index (χ0v) is 7.62. The van der Waals surface area contributed by atoms with Gasteiger partial charge in [0.2, 0.25) is 0 Å². The Hall–Kier alpha value is -0.860. The van der Waals surface area contributed by atoms with Crippen LogP contribution in [0.2, 0.25) is 0 Å². The molecule has 2 atom stereocenters. The number of ether oxygens (including phenoxy) is 1. The third kappa shape index (κ3) is 1.36. The molecule has 2 aliphatic rings. The number of hydrogen-bond donors (Lipinski definition) is 0. The van der Waals surface area contributed by atoms with Crippen LogP contribution >= 0.6 is 0 Å². The Bertz CT molecular complexity index is 236. The molecule has 0 aromatic rings. The van der Waals surface area contributed by atoms with Gasteiger partial charge in [0.1, 0.15) is 0 Å². The van der Waals surface area contributed by atoms with Gasteiger partial charge in [0, 0.05) is 12.3 Å². The number of rotatable bonds is 1. The van der Waals surface area contributed by atoms with Crippen molar-refractivity contribution in [3.63, 3.8) is 0 Å². The fourth-order valence-electron chi connectivity index (χ4n) is 2.50. The first-order valence-corrected chi connectivity index (χ1v) is 4.95. The normalized spacial score (nSPS) is 39.1. The highest BCUT2D eigenvalue weighted by atomic mass is 16.6. The van der Waals surface area contributed by atoms with Crippen LogP contribution in [-0.2, 0) is 14.3 Å². The quantitative estimate of drug-likeness (QED) is 0.455. The molecule has 0 aromatic heterocycles. The molecule has 0 radical (unpaired) electrons. The van der Waals surface area contributed by atoms with Gasteiger partial charge in [-0.1, -0.05) is 6.42 Å². The maximum absolute atomic E-state index is 11.1. The van der Waals surface area contributed by atoms with Gasteiger partial charge in [0.15, 0.2) is 11.9 Å². The van der Waals surface area contributed by atoms with Gasteiger partial charge in [-0.05, 0) is 25.7 Å². The lowest BCUT2D eigenvalue weighted by Gasteiger charge is -2.42. The second-order valence-electron chi connectivity index (χ2n) is 4.03. The Morgan fingerprint density at radius 3 is 3.00 bits per heavy atom. The molecule has 1 saturated heterocycles. The predicted molar refractivity (Wildman–Crippen MR) is 46.1 cm³/mol. The van der Waals surface area contributed by atoms with Gasteiger partial charge in [-0.25, -0.2) is 0 Å². The molecule has 0 unspecified atom stereocenters. The van der Waals surface area contributed by atoms with E-state index in [4.69, 9.17) is 4.74 Å². The van der Waals surface area contributed by atoms with Gasteiger partial charge in [-0.2, -0.15) is 0 Å². The highest BCUT2D eigenvalue weighted by Crippen LogP contribution is 2.41. The minimum atomic E-state index is -0.742. The summed E-state index contributed by atoms with van der Waals surface area (Å²) in [6.07, 6.45) is 6.10. The summed E-state index contributed by atoms with van der Waals surface area (Å²) in [4.78, 5) is 22.1. The molecule has 3 nitrogen and oxygen atoms in total. The molecule has 1 heterocycles. The number of fused-ring (bicyclic) bond motifs is 1. The van der Waals surface area contributed by atoms with Crippen LogP contribution in [0, 0.1) is 5.92 Å². The first kappa shape index (κ1) is 8.73. The molecule has 72 valence electrons. The van der Waals surface area contributed by atoms with E-state index >= 15 is 0 Å². The van der Waals surface area contributed by atoms with Crippen molar-refractivity contribution >= 4 is 12.3 Å². The maximum Gasteiger partial charge on any atom is 0.306 e. The Morgan fingerprint density at radius 2 is 2.23 bits per heavy atom. The SMILES string of the molecule is O=C[C@@]12CCCC[C@H]1CCC(=O)O2. The lowest BCUT2D eigenvalue weighted by atomic mass is 9.72. The summed E-state index contributed by atoms with van der Waals surface area (Å²) < 4.78 is 5.22. The molecule has 3 heteroatoms. The summed E-state index contributed by atoms with van der Waals surface area (Å²) in [5.74, 6) is 0.0849. The molecule has 0 N–H and O–H groups in total. The van der Waals surface area contributed by atoms with Crippen LogP contribution in [0.1, 0.15) is 38.5 Å². The molecule has 2 fully saturated rings. The summed E-state index contributed by atoms with van der Waals surface area (Å²) >= 11 is 0. The molecule has 0 bridgehead atoms. The molecule has 1 aliphatic heterocycles. The number of carbonyl (C=O) groups is 2. The van der Waals surface area contributed by atoms with Gasteiger partial charge < -0.3 is 4.74 Å². The van der Waals surface area contributed by atoms with Crippen LogP contribution in [0.25, 0.3) is 0 Å².